The van der Waals surface area contributed by atoms with Crippen molar-refractivity contribution in [1.29, 1.82) is 0 Å². The monoisotopic (exact) mass is 255 g/mol. The third-order valence-corrected chi connectivity index (χ3v) is 3.95. The summed E-state index contributed by atoms with van der Waals surface area (Å²) in [6.07, 6.45) is 1.85. The lowest BCUT2D eigenvalue weighted by Crippen LogP contribution is -2.53. The summed E-state index contributed by atoms with van der Waals surface area (Å²) in [5.41, 5.74) is 2.45. The summed E-state index contributed by atoms with van der Waals surface area (Å²) >= 11 is 0. The van der Waals surface area contributed by atoms with Crippen LogP contribution in [0.1, 0.15) is 19.4 Å². The van der Waals surface area contributed by atoms with Crippen LogP contribution in [0.25, 0.3) is 10.9 Å². The SMILES string of the molecule is CC1CN(Cc2ccc3ncccc3c2)C(C)CN1. The van der Waals surface area contributed by atoms with Crippen molar-refractivity contribution in [3.63, 3.8) is 0 Å². The van der Waals surface area contributed by atoms with E-state index < -0.39 is 0 Å². The van der Waals surface area contributed by atoms with Crippen molar-refractivity contribution in [2.24, 2.45) is 0 Å². The van der Waals surface area contributed by atoms with E-state index in [9.17, 15) is 0 Å². The number of aromatic nitrogens is 1. The zero-order valence-electron chi connectivity index (χ0n) is 11.6. The van der Waals surface area contributed by atoms with Crippen LogP contribution in [0.3, 0.4) is 0 Å². The third kappa shape index (κ3) is 2.77. The maximum absolute atomic E-state index is 4.37. The van der Waals surface area contributed by atoms with E-state index in [1.165, 1.54) is 10.9 Å². The minimum absolute atomic E-state index is 0.582. The second-order valence-electron chi connectivity index (χ2n) is 5.62. The maximum Gasteiger partial charge on any atom is 0.0702 e. The van der Waals surface area contributed by atoms with E-state index in [1.807, 2.05) is 12.3 Å². The predicted octanol–water partition coefficient (Wildman–Crippen LogP) is 2.42. The lowest BCUT2D eigenvalue weighted by molar-refractivity contribution is 0.139. The number of hydrogen-bond acceptors (Lipinski definition) is 3. The van der Waals surface area contributed by atoms with Crippen LogP contribution >= 0.6 is 0 Å². The molecular formula is C16H21N3. The van der Waals surface area contributed by atoms with Gasteiger partial charge in [0, 0.05) is 43.3 Å². The van der Waals surface area contributed by atoms with Crippen LogP contribution < -0.4 is 5.32 Å². The van der Waals surface area contributed by atoms with Crippen molar-refractivity contribution in [3.8, 4) is 0 Å². The van der Waals surface area contributed by atoms with Crippen molar-refractivity contribution < 1.29 is 0 Å². The summed E-state index contributed by atoms with van der Waals surface area (Å²) in [4.78, 5) is 6.93. The number of hydrogen-bond donors (Lipinski definition) is 1. The molecule has 2 unspecified atom stereocenters. The Labute approximate surface area is 114 Å². The second kappa shape index (κ2) is 5.27. The first-order valence-corrected chi connectivity index (χ1v) is 7.03. The van der Waals surface area contributed by atoms with Crippen molar-refractivity contribution >= 4 is 10.9 Å². The van der Waals surface area contributed by atoms with Gasteiger partial charge in [-0.2, -0.15) is 0 Å². The first kappa shape index (κ1) is 12.6. The van der Waals surface area contributed by atoms with E-state index in [0.29, 0.717) is 12.1 Å². The van der Waals surface area contributed by atoms with Gasteiger partial charge in [0.05, 0.1) is 5.52 Å². The highest BCUT2D eigenvalue weighted by Crippen LogP contribution is 2.17. The van der Waals surface area contributed by atoms with Crippen LogP contribution in [-0.4, -0.2) is 35.1 Å². The molecular weight excluding hydrogens is 234 g/mol. The maximum atomic E-state index is 4.37. The van der Waals surface area contributed by atoms with Crippen LogP contribution in [0.15, 0.2) is 36.5 Å². The zero-order valence-corrected chi connectivity index (χ0v) is 11.6. The molecule has 1 aromatic carbocycles. The summed E-state index contributed by atoms with van der Waals surface area (Å²) in [7, 11) is 0. The lowest BCUT2D eigenvalue weighted by Gasteiger charge is -2.37. The molecule has 0 bridgehead atoms. The van der Waals surface area contributed by atoms with Crippen LogP contribution in [0, 0.1) is 0 Å². The summed E-state index contributed by atoms with van der Waals surface area (Å²) in [6.45, 7) is 7.77. The van der Waals surface area contributed by atoms with Gasteiger partial charge in [0.15, 0.2) is 0 Å². The molecule has 1 fully saturated rings. The number of nitrogens with zero attached hydrogens (tertiary/aromatic N) is 2. The first-order chi connectivity index (χ1) is 9.22. The quantitative estimate of drug-likeness (QED) is 0.893. The largest absolute Gasteiger partial charge is 0.311 e. The Kier molecular flexibility index (Phi) is 3.49. The van der Waals surface area contributed by atoms with E-state index in [-0.39, 0.29) is 0 Å². The van der Waals surface area contributed by atoms with E-state index in [0.717, 1.165) is 25.2 Å². The molecule has 19 heavy (non-hydrogen) atoms. The average Bonchev–Trinajstić information content (AvgIpc) is 2.43. The Balaban J connectivity index is 1.80. The van der Waals surface area contributed by atoms with Gasteiger partial charge in [-0.1, -0.05) is 12.1 Å². The lowest BCUT2D eigenvalue weighted by atomic mass is 10.1. The number of benzene rings is 1. The van der Waals surface area contributed by atoms with E-state index in [1.54, 1.807) is 0 Å². The Morgan fingerprint density at radius 2 is 2.21 bits per heavy atom. The molecule has 2 atom stereocenters. The van der Waals surface area contributed by atoms with Crippen LogP contribution in [0.2, 0.25) is 0 Å². The molecule has 0 saturated carbocycles. The molecule has 3 heteroatoms. The highest BCUT2D eigenvalue weighted by molar-refractivity contribution is 5.78. The summed E-state index contributed by atoms with van der Waals surface area (Å²) < 4.78 is 0. The van der Waals surface area contributed by atoms with Gasteiger partial charge in [0.1, 0.15) is 0 Å². The van der Waals surface area contributed by atoms with Gasteiger partial charge < -0.3 is 5.32 Å². The van der Waals surface area contributed by atoms with E-state index >= 15 is 0 Å². The van der Waals surface area contributed by atoms with E-state index in [2.05, 4.69) is 53.3 Å². The van der Waals surface area contributed by atoms with Crippen molar-refractivity contribution in [3.05, 3.63) is 42.1 Å². The number of pyridine rings is 1. The average molecular weight is 255 g/mol. The molecule has 0 amide bonds. The highest BCUT2D eigenvalue weighted by Gasteiger charge is 2.22. The summed E-state index contributed by atoms with van der Waals surface area (Å²) in [5.74, 6) is 0. The molecule has 2 heterocycles. The Morgan fingerprint density at radius 1 is 1.32 bits per heavy atom. The van der Waals surface area contributed by atoms with Gasteiger partial charge >= 0.3 is 0 Å². The molecule has 0 radical (unpaired) electrons. The molecule has 2 aromatic rings. The van der Waals surface area contributed by atoms with Crippen LogP contribution in [0.5, 0.6) is 0 Å². The van der Waals surface area contributed by atoms with Gasteiger partial charge in [0.2, 0.25) is 0 Å². The van der Waals surface area contributed by atoms with Crippen LogP contribution in [0.4, 0.5) is 0 Å². The fourth-order valence-corrected chi connectivity index (χ4v) is 2.78. The molecule has 3 rings (SSSR count). The van der Waals surface area contributed by atoms with Gasteiger partial charge in [-0.25, -0.2) is 0 Å². The minimum atomic E-state index is 0.582. The molecule has 3 nitrogen and oxygen atoms in total. The molecule has 1 saturated heterocycles. The minimum Gasteiger partial charge on any atom is -0.311 e. The molecule has 100 valence electrons. The number of nitrogens with one attached hydrogen (secondary N) is 1. The molecule has 1 N–H and O–H groups in total. The fourth-order valence-electron chi connectivity index (χ4n) is 2.78. The second-order valence-corrected chi connectivity index (χ2v) is 5.62. The normalized spacial score (nSPS) is 24.7. The molecule has 1 aromatic heterocycles. The molecule has 0 spiro atoms. The Morgan fingerprint density at radius 3 is 3.11 bits per heavy atom. The van der Waals surface area contributed by atoms with Gasteiger partial charge in [-0.15, -0.1) is 0 Å². The van der Waals surface area contributed by atoms with Gasteiger partial charge in [-0.05, 0) is 37.6 Å². The van der Waals surface area contributed by atoms with Crippen molar-refractivity contribution in [1.82, 2.24) is 15.2 Å². The van der Waals surface area contributed by atoms with Crippen LogP contribution in [-0.2, 0) is 6.54 Å². The Bertz CT molecular complexity index is 567. The topological polar surface area (TPSA) is 28.2 Å². The molecule has 1 aliphatic rings. The Hall–Kier alpha value is -1.45. The smallest absolute Gasteiger partial charge is 0.0702 e. The zero-order chi connectivity index (χ0) is 13.2. The third-order valence-electron chi connectivity index (χ3n) is 3.95. The van der Waals surface area contributed by atoms with Crippen molar-refractivity contribution in [2.45, 2.75) is 32.5 Å². The van der Waals surface area contributed by atoms with E-state index in [4.69, 9.17) is 0 Å². The van der Waals surface area contributed by atoms with Crippen molar-refractivity contribution in [2.75, 3.05) is 13.1 Å². The number of rotatable bonds is 2. The van der Waals surface area contributed by atoms with Gasteiger partial charge in [0.25, 0.3) is 0 Å². The first-order valence-electron chi connectivity index (χ1n) is 7.03. The standard InChI is InChI=1S/C16H21N3/c1-12-10-19(13(2)9-18-12)11-14-5-6-16-15(8-14)4-3-7-17-16/h3-8,12-13,18H,9-11H2,1-2H3. The summed E-state index contributed by atoms with van der Waals surface area (Å²) in [6, 6.07) is 11.9. The number of fused-ring (bicyclic) bond motifs is 1. The molecule has 1 aliphatic heterocycles. The predicted molar refractivity (Wildman–Crippen MR) is 79.1 cm³/mol. The molecule has 0 aliphatic carbocycles. The van der Waals surface area contributed by atoms with Gasteiger partial charge in [-0.3, -0.25) is 9.88 Å². The number of piperazine rings is 1. The highest BCUT2D eigenvalue weighted by atomic mass is 15.2. The fraction of sp³-hybridized carbons (Fsp3) is 0.438. The summed E-state index contributed by atoms with van der Waals surface area (Å²) in [5, 5.41) is 4.76.